The Morgan fingerprint density at radius 2 is 2.08 bits per heavy atom. The van der Waals surface area contributed by atoms with Crippen LogP contribution in [0.25, 0.3) is 0 Å². The molecule has 0 saturated carbocycles. The van der Waals surface area contributed by atoms with E-state index in [1.807, 2.05) is 13.8 Å². The molecule has 0 aliphatic carbocycles. The van der Waals surface area contributed by atoms with Crippen LogP contribution in [0.5, 0.6) is 0 Å². The molecule has 0 spiro atoms. The molecular weight excluding hydrogens is 188 g/mol. The fourth-order valence-electron chi connectivity index (χ4n) is 1.81. The maximum Gasteiger partial charge on any atom is 0.214 e. The van der Waals surface area contributed by atoms with Crippen molar-refractivity contribution in [3.05, 3.63) is 0 Å². The van der Waals surface area contributed by atoms with Crippen LogP contribution in [-0.2, 0) is 10.0 Å². The van der Waals surface area contributed by atoms with Crippen LogP contribution in [0.4, 0.5) is 0 Å². The molecule has 1 saturated heterocycles. The van der Waals surface area contributed by atoms with Crippen molar-refractivity contribution in [2.45, 2.75) is 38.8 Å². The van der Waals surface area contributed by atoms with E-state index in [4.69, 9.17) is 5.73 Å². The lowest BCUT2D eigenvalue weighted by Crippen LogP contribution is -2.38. The highest BCUT2D eigenvalue weighted by atomic mass is 32.2. The number of hydrogen-bond acceptors (Lipinski definition) is 3. The van der Waals surface area contributed by atoms with Gasteiger partial charge >= 0.3 is 0 Å². The Kier molecular flexibility index (Phi) is 3.32. The maximum atomic E-state index is 11.5. The number of nitrogens with two attached hydrogens (primary N) is 1. The Balaban J connectivity index is 2.61. The van der Waals surface area contributed by atoms with Gasteiger partial charge in [-0.1, -0.05) is 0 Å². The van der Waals surface area contributed by atoms with Gasteiger partial charge in [-0.2, -0.15) is 4.31 Å². The van der Waals surface area contributed by atoms with Crippen molar-refractivity contribution in [2.75, 3.05) is 12.3 Å². The summed E-state index contributed by atoms with van der Waals surface area (Å²) in [6.45, 7) is 4.49. The van der Waals surface area contributed by atoms with E-state index >= 15 is 0 Å². The molecule has 1 rings (SSSR count). The van der Waals surface area contributed by atoms with Crippen LogP contribution in [0.3, 0.4) is 0 Å². The molecule has 1 aliphatic rings. The fourth-order valence-corrected chi connectivity index (χ4v) is 3.58. The standard InChI is InChI=1S/C8H18N2O2S/c1-7(9)6-8(2)10-4-3-5-13(10,11)12/h7-8H,3-6,9H2,1-2H3. The SMILES string of the molecule is CC(N)CC(C)N1CCCS1(=O)=O. The summed E-state index contributed by atoms with van der Waals surface area (Å²) in [5.74, 6) is 0.302. The highest BCUT2D eigenvalue weighted by Crippen LogP contribution is 2.19. The van der Waals surface area contributed by atoms with Crippen LogP contribution in [0.2, 0.25) is 0 Å². The van der Waals surface area contributed by atoms with Gasteiger partial charge in [-0.25, -0.2) is 8.42 Å². The molecule has 4 nitrogen and oxygen atoms in total. The number of nitrogens with zero attached hydrogens (tertiary/aromatic N) is 1. The van der Waals surface area contributed by atoms with E-state index in [1.165, 1.54) is 0 Å². The molecule has 0 aromatic rings. The van der Waals surface area contributed by atoms with E-state index in [-0.39, 0.29) is 12.1 Å². The van der Waals surface area contributed by atoms with Crippen molar-refractivity contribution < 1.29 is 8.42 Å². The molecule has 1 fully saturated rings. The highest BCUT2D eigenvalue weighted by molar-refractivity contribution is 7.89. The van der Waals surface area contributed by atoms with Crippen LogP contribution in [0, 0.1) is 0 Å². The summed E-state index contributed by atoms with van der Waals surface area (Å²) >= 11 is 0. The largest absolute Gasteiger partial charge is 0.328 e. The van der Waals surface area contributed by atoms with Crippen molar-refractivity contribution in [2.24, 2.45) is 5.73 Å². The number of rotatable bonds is 3. The summed E-state index contributed by atoms with van der Waals surface area (Å²) in [5.41, 5.74) is 5.63. The van der Waals surface area contributed by atoms with E-state index in [0.29, 0.717) is 12.3 Å². The lowest BCUT2D eigenvalue weighted by Gasteiger charge is -2.23. The fraction of sp³-hybridized carbons (Fsp3) is 1.00. The van der Waals surface area contributed by atoms with E-state index in [0.717, 1.165) is 12.8 Å². The first kappa shape index (κ1) is 10.9. The first-order valence-electron chi connectivity index (χ1n) is 4.68. The second-order valence-electron chi connectivity index (χ2n) is 3.84. The van der Waals surface area contributed by atoms with Crippen LogP contribution in [-0.4, -0.2) is 37.1 Å². The lowest BCUT2D eigenvalue weighted by molar-refractivity contribution is 0.331. The second-order valence-corrected chi connectivity index (χ2v) is 5.88. The molecule has 78 valence electrons. The summed E-state index contributed by atoms with van der Waals surface area (Å²) in [5, 5.41) is 0. The topological polar surface area (TPSA) is 63.4 Å². The predicted molar refractivity (Wildman–Crippen MR) is 52.8 cm³/mol. The highest BCUT2D eigenvalue weighted by Gasteiger charge is 2.32. The van der Waals surface area contributed by atoms with E-state index in [1.54, 1.807) is 4.31 Å². The Morgan fingerprint density at radius 3 is 2.46 bits per heavy atom. The molecule has 0 radical (unpaired) electrons. The Labute approximate surface area is 80.1 Å². The Hall–Kier alpha value is -0.130. The van der Waals surface area contributed by atoms with Gasteiger partial charge in [0.05, 0.1) is 5.75 Å². The first-order valence-corrected chi connectivity index (χ1v) is 6.29. The Bertz CT molecular complexity index is 261. The van der Waals surface area contributed by atoms with Crippen molar-refractivity contribution in [1.82, 2.24) is 4.31 Å². The zero-order valence-corrected chi connectivity index (χ0v) is 9.05. The minimum absolute atomic E-state index is 0.0486. The quantitative estimate of drug-likeness (QED) is 0.715. The van der Waals surface area contributed by atoms with Gasteiger partial charge in [0.25, 0.3) is 0 Å². The second kappa shape index (κ2) is 3.94. The van der Waals surface area contributed by atoms with Gasteiger partial charge in [-0.15, -0.1) is 0 Å². The smallest absolute Gasteiger partial charge is 0.214 e. The molecule has 5 heteroatoms. The van der Waals surface area contributed by atoms with Crippen LogP contribution in [0.15, 0.2) is 0 Å². The summed E-state index contributed by atoms with van der Waals surface area (Å²) in [6, 6.07) is 0.110. The zero-order chi connectivity index (χ0) is 10.1. The third kappa shape index (κ3) is 2.65. The molecule has 1 heterocycles. The Morgan fingerprint density at radius 1 is 1.46 bits per heavy atom. The average Bonchev–Trinajstić information content (AvgIpc) is 2.27. The third-order valence-corrected chi connectivity index (χ3v) is 4.40. The summed E-state index contributed by atoms with van der Waals surface area (Å²) in [7, 11) is -2.95. The number of hydrogen-bond donors (Lipinski definition) is 1. The van der Waals surface area contributed by atoms with Gasteiger partial charge < -0.3 is 5.73 Å². The van der Waals surface area contributed by atoms with E-state index in [2.05, 4.69) is 0 Å². The van der Waals surface area contributed by atoms with Gasteiger partial charge in [0, 0.05) is 18.6 Å². The van der Waals surface area contributed by atoms with Gasteiger partial charge in [0.15, 0.2) is 0 Å². The summed E-state index contributed by atoms with van der Waals surface area (Å²) in [4.78, 5) is 0. The molecule has 0 amide bonds. The van der Waals surface area contributed by atoms with Crippen molar-refractivity contribution in [3.63, 3.8) is 0 Å². The van der Waals surface area contributed by atoms with Gasteiger partial charge in [0.1, 0.15) is 0 Å². The van der Waals surface area contributed by atoms with Crippen LogP contribution >= 0.6 is 0 Å². The monoisotopic (exact) mass is 206 g/mol. The third-order valence-electron chi connectivity index (χ3n) is 2.34. The molecule has 0 aromatic carbocycles. The molecule has 2 N–H and O–H groups in total. The maximum absolute atomic E-state index is 11.5. The summed E-state index contributed by atoms with van der Waals surface area (Å²) in [6.07, 6.45) is 1.49. The zero-order valence-electron chi connectivity index (χ0n) is 8.23. The first-order chi connectivity index (χ1) is 5.93. The lowest BCUT2D eigenvalue weighted by atomic mass is 10.1. The molecule has 13 heavy (non-hydrogen) atoms. The minimum Gasteiger partial charge on any atom is -0.328 e. The van der Waals surface area contributed by atoms with E-state index < -0.39 is 10.0 Å². The normalized spacial score (nSPS) is 27.3. The molecule has 1 aliphatic heterocycles. The van der Waals surface area contributed by atoms with Crippen molar-refractivity contribution in [3.8, 4) is 0 Å². The molecule has 0 aromatic heterocycles. The van der Waals surface area contributed by atoms with Gasteiger partial charge in [-0.05, 0) is 26.7 Å². The molecule has 0 bridgehead atoms. The molecule has 2 unspecified atom stereocenters. The van der Waals surface area contributed by atoms with Crippen LogP contribution in [0.1, 0.15) is 26.7 Å². The molecular formula is C8H18N2O2S. The van der Waals surface area contributed by atoms with Gasteiger partial charge in [-0.3, -0.25) is 0 Å². The van der Waals surface area contributed by atoms with E-state index in [9.17, 15) is 8.42 Å². The van der Waals surface area contributed by atoms with Crippen LogP contribution < -0.4 is 5.73 Å². The summed E-state index contributed by atoms with van der Waals surface area (Å²) < 4.78 is 24.5. The average molecular weight is 206 g/mol. The predicted octanol–water partition coefficient (Wildman–Crippen LogP) is 0.148. The minimum atomic E-state index is -2.95. The number of sulfonamides is 1. The van der Waals surface area contributed by atoms with Crippen molar-refractivity contribution in [1.29, 1.82) is 0 Å². The van der Waals surface area contributed by atoms with Crippen molar-refractivity contribution >= 4 is 10.0 Å². The van der Waals surface area contributed by atoms with Gasteiger partial charge in [0.2, 0.25) is 10.0 Å². The molecule has 2 atom stereocenters.